The zero-order chi connectivity index (χ0) is 21.9. The minimum Gasteiger partial charge on any atom is -0.381 e. The molecule has 2 N–H and O–H groups in total. The number of benzene rings is 1. The molecule has 0 aromatic heterocycles. The van der Waals surface area contributed by atoms with Crippen LogP contribution >= 0.6 is 11.6 Å². The molecule has 1 aromatic rings. The molecule has 2 heterocycles. The van der Waals surface area contributed by atoms with Gasteiger partial charge in [-0.15, -0.1) is 0 Å². The van der Waals surface area contributed by atoms with Crippen LogP contribution in [0.2, 0.25) is 5.02 Å². The first kappa shape index (κ1) is 23.9. The lowest BCUT2D eigenvalue weighted by Gasteiger charge is -2.36. The summed E-state index contributed by atoms with van der Waals surface area (Å²) in [7, 11) is 0. The predicted molar refractivity (Wildman–Crippen MR) is 127 cm³/mol. The Hall–Kier alpha value is -1.79. The molecule has 0 saturated carbocycles. The number of likely N-dealkylation sites (tertiary alicyclic amines) is 1. The number of nitrogens with one attached hydrogen (secondary N) is 2. The molecule has 2 fully saturated rings. The second-order valence-electron chi connectivity index (χ2n) is 8.57. The van der Waals surface area contributed by atoms with Crippen molar-refractivity contribution in [2.75, 3.05) is 45.9 Å². The molecule has 0 atom stereocenters. The van der Waals surface area contributed by atoms with Crippen molar-refractivity contribution in [3.05, 3.63) is 34.9 Å². The molecule has 6 nitrogen and oxygen atoms in total. The molecule has 0 radical (unpaired) electrons. The summed E-state index contributed by atoms with van der Waals surface area (Å²) in [5.41, 5.74) is 1.19. The number of aliphatic imine (C=N–C) groups is 1. The third kappa shape index (κ3) is 7.11. The highest BCUT2D eigenvalue weighted by Gasteiger charge is 2.34. The summed E-state index contributed by atoms with van der Waals surface area (Å²) in [4.78, 5) is 19.1. The summed E-state index contributed by atoms with van der Waals surface area (Å²) >= 11 is 6.29. The van der Waals surface area contributed by atoms with E-state index in [1.807, 2.05) is 17.0 Å². The van der Waals surface area contributed by atoms with Crippen molar-refractivity contribution in [1.82, 2.24) is 15.5 Å². The zero-order valence-electron chi connectivity index (χ0n) is 18.8. The molecule has 0 bridgehead atoms. The molecule has 31 heavy (non-hydrogen) atoms. The van der Waals surface area contributed by atoms with Crippen LogP contribution < -0.4 is 10.6 Å². The van der Waals surface area contributed by atoms with Crippen molar-refractivity contribution in [2.45, 2.75) is 57.3 Å². The lowest BCUT2D eigenvalue weighted by Crippen LogP contribution is -2.42. The van der Waals surface area contributed by atoms with E-state index < -0.39 is 0 Å². The Bertz CT molecular complexity index is 734. The van der Waals surface area contributed by atoms with Gasteiger partial charge in [0.25, 0.3) is 0 Å². The number of ether oxygens (including phenoxy) is 1. The second-order valence-corrected chi connectivity index (χ2v) is 9.01. The number of rotatable bonds is 8. The highest BCUT2D eigenvalue weighted by atomic mass is 35.5. The number of hydrogen-bond donors (Lipinski definition) is 2. The third-order valence-electron chi connectivity index (χ3n) is 6.34. The molecule has 0 aliphatic carbocycles. The number of carbonyl (C=O) groups excluding carboxylic acids is 1. The maximum Gasteiger partial charge on any atom is 0.222 e. The second kappa shape index (κ2) is 12.3. The molecule has 1 amide bonds. The van der Waals surface area contributed by atoms with E-state index in [2.05, 4.69) is 29.7 Å². The first-order valence-electron chi connectivity index (χ1n) is 11.8. The highest BCUT2D eigenvalue weighted by molar-refractivity contribution is 6.30. The average Bonchev–Trinajstić information content (AvgIpc) is 2.99. The van der Waals surface area contributed by atoms with Gasteiger partial charge in [-0.2, -0.15) is 0 Å². The largest absolute Gasteiger partial charge is 0.381 e. The number of nitrogens with zero attached hydrogens (tertiary/aromatic N) is 2. The Morgan fingerprint density at radius 3 is 2.84 bits per heavy atom. The number of hydrogen-bond acceptors (Lipinski definition) is 3. The van der Waals surface area contributed by atoms with E-state index in [1.165, 1.54) is 5.56 Å². The topological polar surface area (TPSA) is 66.0 Å². The molecule has 2 aliphatic heterocycles. The highest BCUT2D eigenvalue weighted by Crippen LogP contribution is 2.36. The van der Waals surface area contributed by atoms with Gasteiger partial charge >= 0.3 is 0 Å². The molecular weight excluding hydrogens is 412 g/mol. The normalized spacial score (nSPS) is 19.7. The average molecular weight is 449 g/mol. The fraction of sp³-hybridized carbons (Fsp3) is 0.667. The van der Waals surface area contributed by atoms with E-state index in [9.17, 15) is 4.79 Å². The first-order valence-corrected chi connectivity index (χ1v) is 12.1. The first-order chi connectivity index (χ1) is 15.1. The lowest BCUT2D eigenvalue weighted by molar-refractivity contribution is -0.130. The van der Waals surface area contributed by atoms with Crippen LogP contribution in [0.4, 0.5) is 0 Å². The van der Waals surface area contributed by atoms with Crippen LogP contribution in [-0.4, -0.2) is 62.7 Å². The number of halogens is 1. The van der Waals surface area contributed by atoms with Crippen LogP contribution in [0.15, 0.2) is 29.3 Å². The van der Waals surface area contributed by atoms with Crippen molar-refractivity contribution in [1.29, 1.82) is 0 Å². The lowest BCUT2D eigenvalue weighted by atomic mass is 9.74. The van der Waals surface area contributed by atoms with Gasteiger partial charge < -0.3 is 20.3 Å². The third-order valence-corrected chi connectivity index (χ3v) is 6.57. The predicted octanol–water partition coefficient (Wildman–Crippen LogP) is 3.74. The Morgan fingerprint density at radius 2 is 2.06 bits per heavy atom. The minimum absolute atomic E-state index is 0.0516. The van der Waals surface area contributed by atoms with Crippen LogP contribution in [0.5, 0.6) is 0 Å². The fourth-order valence-electron chi connectivity index (χ4n) is 4.44. The molecule has 1 aromatic carbocycles. The summed E-state index contributed by atoms with van der Waals surface area (Å²) in [6.07, 6.45) is 6.82. The van der Waals surface area contributed by atoms with Gasteiger partial charge in [0.15, 0.2) is 5.96 Å². The van der Waals surface area contributed by atoms with Gasteiger partial charge in [0.2, 0.25) is 5.91 Å². The zero-order valence-corrected chi connectivity index (χ0v) is 19.6. The number of guanidine groups is 1. The smallest absolute Gasteiger partial charge is 0.222 e. The van der Waals surface area contributed by atoms with E-state index in [0.717, 1.165) is 88.9 Å². The number of carbonyl (C=O) groups is 1. The van der Waals surface area contributed by atoms with E-state index in [0.29, 0.717) is 18.9 Å². The van der Waals surface area contributed by atoms with Gasteiger partial charge in [-0.1, -0.05) is 30.2 Å². The maximum absolute atomic E-state index is 12.2. The van der Waals surface area contributed by atoms with Crippen molar-refractivity contribution >= 4 is 23.5 Å². The SMILES string of the molecule is CCNC(=NCC1(c2cccc(Cl)c2)CCOCC1)NCCCN1CCCCCC1=O. The Balaban J connectivity index is 1.58. The molecular formula is C24H37ClN4O2. The van der Waals surface area contributed by atoms with Gasteiger partial charge in [0, 0.05) is 56.3 Å². The summed E-state index contributed by atoms with van der Waals surface area (Å²) < 4.78 is 5.64. The van der Waals surface area contributed by atoms with Crippen molar-refractivity contribution in [2.24, 2.45) is 4.99 Å². The minimum atomic E-state index is -0.0516. The quantitative estimate of drug-likeness (QED) is 0.361. The Labute approximate surface area is 191 Å². The van der Waals surface area contributed by atoms with Gasteiger partial charge in [-0.3, -0.25) is 9.79 Å². The molecule has 2 aliphatic rings. The molecule has 7 heteroatoms. The maximum atomic E-state index is 12.2. The van der Waals surface area contributed by atoms with Gasteiger partial charge in [-0.05, 0) is 56.7 Å². The van der Waals surface area contributed by atoms with Gasteiger partial charge in [0.1, 0.15) is 0 Å². The number of amides is 1. The summed E-state index contributed by atoms with van der Waals surface area (Å²) in [6.45, 7) is 7.58. The fourth-order valence-corrected chi connectivity index (χ4v) is 4.63. The van der Waals surface area contributed by atoms with E-state index in [-0.39, 0.29) is 5.41 Å². The van der Waals surface area contributed by atoms with Crippen LogP contribution in [0.1, 0.15) is 57.4 Å². The van der Waals surface area contributed by atoms with Gasteiger partial charge in [-0.25, -0.2) is 0 Å². The molecule has 3 rings (SSSR count). The van der Waals surface area contributed by atoms with Crippen LogP contribution in [0.25, 0.3) is 0 Å². The van der Waals surface area contributed by atoms with E-state index in [4.69, 9.17) is 21.3 Å². The summed E-state index contributed by atoms with van der Waals surface area (Å²) in [5.74, 6) is 1.14. The monoisotopic (exact) mass is 448 g/mol. The van der Waals surface area contributed by atoms with Gasteiger partial charge in [0.05, 0.1) is 6.54 Å². The molecule has 0 spiro atoms. The molecule has 0 unspecified atom stereocenters. The van der Waals surface area contributed by atoms with Crippen LogP contribution in [0.3, 0.4) is 0 Å². The van der Waals surface area contributed by atoms with Crippen molar-refractivity contribution in [3.63, 3.8) is 0 Å². The Morgan fingerprint density at radius 1 is 1.23 bits per heavy atom. The standard InChI is InChI=1S/C24H37ClN4O2/c1-2-26-23(27-13-7-15-29-14-5-3-4-10-22(29)30)28-19-24(11-16-31-17-12-24)20-8-6-9-21(25)18-20/h6,8-9,18H,2-5,7,10-17,19H2,1H3,(H2,26,27,28). The van der Waals surface area contributed by atoms with Crippen LogP contribution in [0, 0.1) is 0 Å². The molecule has 172 valence electrons. The van der Waals surface area contributed by atoms with E-state index in [1.54, 1.807) is 0 Å². The Kier molecular flexibility index (Phi) is 9.47. The van der Waals surface area contributed by atoms with E-state index >= 15 is 0 Å². The summed E-state index contributed by atoms with van der Waals surface area (Å²) in [6, 6.07) is 8.17. The summed E-state index contributed by atoms with van der Waals surface area (Å²) in [5, 5.41) is 7.58. The van der Waals surface area contributed by atoms with Crippen molar-refractivity contribution < 1.29 is 9.53 Å². The van der Waals surface area contributed by atoms with Crippen LogP contribution in [-0.2, 0) is 14.9 Å². The van der Waals surface area contributed by atoms with Crippen molar-refractivity contribution in [3.8, 4) is 0 Å². The molecule has 2 saturated heterocycles.